The van der Waals surface area contributed by atoms with Crippen LogP contribution in [0.15, 0.2) is 30.5 Å². The molecule has 1 aromatic carbocycles. The Morgan fingerprint density at radius 1 is 1.29 bits per heavy atom. The van der Waals surface area contributed by atoms with Gasteiger partial charge in [-0.15, -0.1) is 0 Å². The highest BCUT2D eigenvalue weighted by Crippen LogP contribution is 2.43. The molecule has 2 heteroatoms. The van der Waals surface area contributed by atoms with E-state index in [1.165, 1.54) is 55.3 Å². The van der Waals surface area contributed by atoms with Crippen LogP contribution in [0.4, 0.5) is 0 Å². The Balaban J connectivity index is 1.63. The molecule has 0 N–H and O–H groups in total. The number of aryl methyl sites for hydroxylation is 1. The van der Waals surface area contributed by atoms with Crippen LogP contribution in [0.1, 0.15) is 56.6 Å². The Kier molecular flexibility index (Phi) is 4.34. The van der Waals surface area contributed by atoms with Gasteiger partial charge in [-0.3, -0.25) is 9.88 Å². The van der Waals surface area contributed by atoms with Crippen LogP contribution in [0.5, 0.6) is 0 Å². The Morgan fingerprint density at radius 3 is 2.92 bits per heavy atom. The van der Waals surface area contributed by atoms with Gasteiger partial charge in [0.2, 0.25) is 0 Å². The lowest BCUT2D eigenvalue weighted by atomic mass is 9.70. The molecule has 2 bridgehead atoms. The summed E-state index contributed by atoms with van der Waals surface area (Å²) in [5.74, 6) is 2.49. The summed E-state index contributed by atoms with van der Waals surface area (Å²) in [4.78, 5) is 7.38. The van der Waals surface area contributed by atoms with Crippen LogP contribution >= 0.6 is 0 Å². The van der Waals surface area contributed by atoms with Crippen molar-refractivity contribution in [1.82, 2.24) is 9.88 Å². The summed E-state index contributed by atoms with van der Waals surface area (Å²) < 4.78 is 0. The van der Waals surface area contributed by atoms with E-state index in [4.69, 9.17) is 0 Å². The smallest absolute Gasteiger partial charge is 0.0705 e. The molecular weight excluding hydrogens is 292 g/mol. The summed E-state index contributed by atoms with van der Waals surface area (Å²) in [6.07, 6.45) is 7.56. The first-order valence-corrected chi connectivity index (χ1v) is 9.76. The molecule has 1 aromatic heterocycles. The molecule has 0 radical (unpaired) electrons. The number of rotatable bonds is 4. The van der Waals surface area contributed by atoms with Crippen LogP contribution in [0, 0.1) is 18.8 Å². The van der Waals surface area contributed by atoms with Gasteiger partial charge in [0.25, 0.3) is 0 Å². The van der Waals surface area contributed by atoms with Gasteiger partial charge in [-0.1, -0.05) is 31.9 Å². The van der Waals surface area contributed by atoms with Crippen LogP contribution in [-0.4, -0.2) is 29.0 Å². The summed E-state index contributed by atoms with van der Waals surface area (Å²) in [7, 11) is 0. The maximum Gasteiger partial charge on any atom is 0.0705 e. The summed E-state index contributed by atoms with van der Waals surface area (Å²) in [5, 5.41) is 1.36. The van der Waals surface area contributed by atoms with Crippen molar-refractivity contribution in [2.24, 2.45) is 11.8 Å². The van der Waals surface area contributed by atoms with Crippen molar-refractivity contribution < 1.29 is 0 Å². The van der Waals surface area contributed by atoms with Gasteiger partial charge in [-0.05, 0) is 74.2 Å². The summed E-state index contributed by atoms with van der Waals surface area (Å²) in [6, 6.07) is 9.64. The number of hydrogen-bond acceptors (Lipinski definition) is 2. The van der Waals surface area contributed by atoms with Crippen molar-refractivity contribution in [2.45, 2.75) is 58.4 Å². The third-order valence-corrected chi connectivity index (χ3v) is 6.59. The first-order chi connectivity index (χ1) is 11.7. The van der Waals surface area contributed by atoms with Crippen LogP contribution in [0.2, 0.25) is 0 Å². The second-order valence-electron chi connectivity index (χ2n) is 8.10. The SMILES string of the molecule is CCC[C@H]1CN2CCC1C[C@H]2[C@H](C)c1ccnc2ccc(C)cc12. The molecule has 5 rings (SSSR count). The molecule has 24 heavy (non-hydrogen) atoms. The number of pyridine rings is 1. The van der Waals surface area contributed by atoms with Gasteiger partial charge in [0.05, 0.1) is 5.52 Å². The van der Waals surface area contributed by atoms with E-state index in [0.717, 1.165) is 17.4 Å². The molecule has 2 unspecified atom stereocenters. The van der Waals surface area contributed by atoms with E-state index in [1.807, 2.05) is 6.20 Å². The van der Waals surface area contributed by atoms with E-state index in [0.29, 0.717) is 12.0 Å². The van der Waals surface area contributed by atoms with Crippen LogP contribution in [0.25, 0.3) is 10.9 Å². The number of benzene rings is 1. The van der Waals surface area contributed by atoms with E-state index in [2.05, 4.69) is 54.9 Å². The summed E-state index contributed by atoms with van der Waals surface area (Å²) in [6.45, 7) is 9.60. The van der Waals surface area contributed by atoms with Crippen molar-refractivity contribution in [3.63, 3.8) is 0 Å². The van der Waals surface area contributed by atoms with Gasteiger partial charge in [0, 0.05) is 24.2 Å². The van der Waals surface area contributed by atoms with E-state index in [9.17, 15) is 0 Å². The Morgan fingerprint density at radius 2 is 2.17 bits per heavy atom. The Bertz CT molecular complexity index is 723. The zero-order chi connectivity index (χ0) is 16.7. The van der Waals surface area contributed by atoms with Crippen LogP contribution < -0.4 is 0 Å². The molecule has 0 spiro atoms. The van der Waals surface area contributed by atoms with Crippen molar-refractivity contribution in [3.05, 3.63) is 41.6 Å². The molecule has 3 saturated heterocycles. The Labute approximate surface area is 146 Å². The molecule has 3 aliphatic heterocycles. The lowest BCUT2D eigenvalue weighted by Crippen LogP contribution is -2.54. The number of nitrogens with zero attached hydrogens (tertiary/aromatic N) is 2. The maximum atomic E-state index is 4.58. The molecule has 5 atom stereocenters. The molecular formula is C22H30N2. The largest absolute Gasteiger partial charge is 0.299 e. The third kappa shape index (κ3) is 2.75. The molecule has 3 aliphatic rings. The number of piperidine rings is 3. The second-order valence-corrected chi connectivity index (χ2v) is 8.10. The molecule has 4 heterocycles. The molecule has 2 nitrogen and oxygen atoms in total. The molecule has 128 valence electrons. The lowest BCUT2D eigenvalue weighted by Gasteiger charge is -2.52. The number of fused-ring (bicyclic) bond motifs is 4. The zero-order valence-corrected chi connectivity index (χ0v) is 15.3. The van der Waals surface area contributed by atoms with Crippen molar-refractivity contribution in [1.29, 1.82) is 0 Å². The van der Waals surface area contributed by atoms with E-state index >= 15 is 0 Å². The third-order valence-electron chi connectivity index (χ3n) is 6.59. The zero-order valence-electron chi connectivity index (χ0n) is 15.3. The van der Waals surface area contributed by atoms with Gasteiger partial charge in [0.15, 0.2) is 0 Å². The van der Waals surface area contributed by atoms with Gasteiger partial charge in [-0.2, -0.15) is 0 Å². The molecule has 0 aliphatic carbocycles. The van der Waals surface area contributed by atoms with Crippen molar-refractivity contribution >= 4 is 10.9 Å². The van der Waals surface area contributed by atoms with E-state index < -0.39 is 0 Å². The van der Waals surface area contributed by atoms with E-state index in [1.54, 1.807) is 0 Å². The Hall–Kier alpha value is -1.41. The predicted octanol–water partition coefficient (Wildman–Crippen LogP) is 5.16. The lowest BCUT2D eigenvalue weighted by molar-refractivity contribution is -0.0109. The second kappa shape index (κ2) is 6.48. The topological polar surface area (TPSA) is 16.1 Å². The summed E-state index contributed by atoms with van der Waals surface area (Å²) >= 11 is 0. The minimum absolute atomic E-state index is 0.586. The summed E-state index contributed by atoms with van der Waals surface area (Å²) in [5.41, 5.74) is 3.97. The monoisotopic (exact) mass is 322 g/mol. The van der Waals surface area contributed by atoms with Gasteiger partial charge < -0.3 is 0 Å². The number of hydrogen-bond donors (Lipinski definition) is 0. The van der Waals surface area contributed by atoms with E-state index in [-0.39, 0.29) is 0 Å². The quantitative estimate of drug-likeness (QED) is 0.773. The molecule has 2 aromatic rings. The van der Waals surface area contributed by atoms with Crippen LogP contribution in [-0.2, 0) is 0 Å². The minimum atomic E-state index is 0.586. The fourth-order valence-corrected chi connectivity index (χ4v) is 5.28. The first-order valence-electron chi connectivity index (χ1n) is 9.76. The fraction of sp³-hybridized carbons (Fsp3) is 0.591. The minimum Gasteiger partial charge on any atom is -0.299 e. The molecule has 3 fully saturated rings. The van der Waals surface area contributed by atoms with Gasteiger partial charge in [0.1, 0.15) is 0 Å². The first kappa shape index (κ1) is 16.1. The number of aromatic nitrogens is 1. The average Bonchev–Trinajstić information content (AvgIpc) is 2.61. The molecule has 0 amide bonds. The van der Waals surface area contributed by atoms with Gasteiger partial charge >= 0.3 is 0 Å². The van der Waals surface area contributed by atoms with Crippen LogP contribution in [0.3, 0.4) is 0 Å². The standard InChI is InChI=1S/C22H30N2/c1-4-5-18-14-24-11-9-17(18)13-22(24)16(3)19-8-10-23-21-7-6-15(2)12-20(19)21/h6-8,10,12,16-18,22H,4-5,9,11,13-14H2,1-3H3/t16-,17?,18+,22+/m1/s1. The predicted molar refractivity (Wildman–Crippen MR) is 101 cm³/mol. The highest BCUT2D eigenvalue weighted by molar-refractivity contribution is 5.83. The van der Waals surface area contributed by atoms with Crippen molar-refractivity contribution in [2.75, 3.05) is 13.1 Å². The van der Waals surface area contributed by atoms with Gasteiger partial charge in [-0.25, -0.2) is 0 Å². The van der Waals surface area contributed by atoms with Crippen molar-refractivity contribution in [3.8, 4) is 0 Å². The molecule has 0 saturated carbocycles. The normalized spacial score (nSPS) is 30.6. The maximum absolute atomic E-state index is 4.58. The highest BCUT2D eigenvalue weighted by atomic mass is 15.2. The highest BCUT2D eigenvalue weighted by Gasteiger charge is 2.41. The average molecular weight is 322 g/mol. The fourth-order valence-electron chi connectivity index (χ4n) is 5.28.